The van der Waals surface area contributed by atoms with Crippen LogP contribution in [0.15, 0.2) is 72.8 Å². The molecule has 5 rings (SSSR count). The van der Waals surface area contributed by atoms with E-state index in [1.165, 1.54) is 59.1 Å². The van der Waals surface area contributed by atoms with Crippen molar-refractivity contribution in [3.8, 4) is 0 Å². The maximum atomic E-state index is 3.68. The lowest BCUT2D eigenvalue weighted by molar-refractivity contribution is 0.260. The molecule has 50 heavy (non-hydrogen) atoms. The summed E-state index contributed by atoms with van der Waals surface area (Å²) in [5.74, 6) is 0.187. The molecule has 2 aliphatic rings. The predicted octanol–water partition coefficient (Wildman–Crippen LogP) is 3.90. The molecule has 2 heterocycles. The van der Waals surface area contributed by atoms with Crippen molar-refractivity contribution < 1.29 is 0 Å². The molecule has 8 nitrogen and oxygen atoms in total. The fourth-order valence-corrected chi connectivity index (χ4v) is 7.24. The zero-order valence-electron chi connectivity index (χ0n) is 31.0. The van der Waals surface area contributed by atoms with E-state index in [4.69, 9.17) is 0 Å². The number of nitrogens with zero attached hydrogens (tertiary/aromatic N) is 2. The van der Waals surface area contributed by atoms with Gasteiger partial charge in [-0.3, -0.25) is 9.80 Å². The molecule has 2 fully saturated rings. The lowest BCUT2D eigenvalue weighted by Gasteiger charge is -2.26. The summed E-state index contributed by atoms with van der Waals surface area (Å²) in [5, 5.41) is 21.7. The molecule has 0 bridgehead atoms. The highest BCUT2D eigenvalue weighted by Gasteiger charge is 2.19. The molecule has 0 atom stereocenters. The van der Waals surface area contributed by atoms with Crippen LogP contribution in [0.1, 0.15) is 65.0 Å². The molecular weight excluding hydrogens is 617 g/mol. The van der Waals surface area contributed by atoms with Gasteiger partial charge in [0.15, 0.2) is 0 Å². The normalized spacial score (nSPS) is 19.8. The number of nitrogens with one attached hydrogen (secondary N) is 6. The maximum absolute atomic E-state index is 3.68. The minimum atomic E-state index is 0.187. The van der Waals surface area contributed by atoms with Crippen LogP contribution >= 0.6 is 0 Å². The lowest BCUT2D eigenvalue weighted by atomic mass is 9.83. The van der Waals surface area contributed by atoms with Crippen molar-refractivity contribution in [2.24, 2.45) is 0 Å². The number of rotatable bonds is 7. The summed E-state index contributed by atoms with van der Waals surface area (Å²) in [4.78, 5) is 5.28. The van der Waals surface area contributed by atoms with E-state index in [2.05, 4.69) is 121 Å². The Kier molecular flexibility index (Phi) is 17.8. The van der Waals surface area contributed by atoms with Crippen molar-refractivity contribution in [1.29, 1.82) is 0 Å². The molecule has 3 aromatic carbocycles. The number of hydrogen-bond donors (Lipinski definition) is 6. The summed E-state index contributed by atoms with van der Waals surface area (Å²) in [6, 6.07) is 28.1. The van der Waals surface area contributed by atoms with E-state index in [0.717, 1.165) is 118 Å². The third-order valence-electron chi connectivity index (χ3n) is 10.0. The SMILES string of the molecule is Cc1ccc(C(c2cccc(CN3CCCNCCNCCCNCC3)c2)c2cccc(CN3CCCNCCNCCCNCC3)c2)cc1. The average Bonchev–Trinajstić information content (AvgIpc) is 3.13. The van der Waals surface area contributed by atoms with Gasteiger partial charge in [-0.05, 0) is 113 Å². The molecule has 2 saturated heterocycles. The van der Waals surface area contributed by atoms with E-state index in [9.17, 15) is 0 Å². The Labute approximate surface area is 303 Å². The minimum absolute atomic E-state index is 0.187. The average molecular weight is 683 g/mol. The van der Waals surface area contributed by atoms with Gasteiger partial charge in [-0.25, -0.2) is 0 Å². The van der Waals surface area contributed by atoms with Gasteiger partial charge in [0.2, 0.25) is 0 Å². The Balaban J connectivity index is 1.32. The van der Waals surface area contributed by atoms with Crippen molar-refractivity contribution in [1.82, 2.24) is 41.7 Å². The highest BCUT2D eigenvalue weighted by Crippen LogP contribution is 2.33. The van der Waals surface area contributed by atoms with Crippen LogP contribution in [-0.2, 0) is 13.1 Å². The van der Waals surface area contributed by atoms with E-state index in [1.807, 2.05) is 0 Å². The number of aryl methyl sites for hydroxylation is 1. The van der Waals surface area contributed by atoms with Crippen molar-refractivity contribution in [3.63, 3.8) is 0 Å². The summed E-state index contributed by atoms with van der Waals surface area (Å²) < 4.78 is 0. The summed E-state index contributed by atoms with van der Waals surface area (Å²) in [5.41, 5.74) is 8.21. The van der Waals surface area contributed by atoms with E-state index in [0.29, 0.717) is 0 Å². The molecule has 0 aromatic heterocycles. The van der Waals surface area contributed by atoms with Crippen molar-refractivity contribution >= 4 is 0 Å². The summed E-state index contributed by atoms with van der Waals surface area (Å²) >= 11 is 0. The van der Waals surface area contributed by atoms with Crippen LogP contribution < -0.4 is 31.9 Å². The van der Waals surface area contributed by atoms with Gasteiger partial charge >= 0.3 is 0 Å². The van der Waals surface area contributed by atoms with Crippen LogP contribution in [0.5, 0.6) is 0 Å². The van der Waals surface area contributed by atoms with E-state index in [1.54, 1.807) is 0 Å². The molecule has 274 valence electrons. The third-order valence-corrected chi connectivity index (χ3v) is 10.0. The Bertz CT molecular complexity index is 1220. The van der Waals surface area contributed by atoms with Gasteiger partial charge in [-0.15, -0.1) is 0 Å². The topological polar surface area (TPSA) is 78.7 Å². The van der Waals surface area contributed by atoms with E-state index >= 15 is 0 Å². The Morgan fingerprint density at radius 2 is 0.860 bits per heavy atom. The molecule has 8 heteroatoms. The van der Waals surface area contributed by atoms with Gasteiger partial charge in [0, 0.05) is 71.4 Å². The van der Waals surface area contributed by atoms with Crippen LogP contribution in [-0.4, -0.2) is 115 Å². The zero-order valence-corrected chi connectivity index (χ0v) is 31.0. The van der Waals surface area contributed by atoms with Crippen LogP contribution in [0.4, 0.5) is 0 Å². The molecule has 0 unspecified atom stereocenters. The summed E-state index contributed by atoms with van der Waals surface area (Å²) in [6.45, 7) is 21.2. The molecule has 0 amide bonds. The minimum Gasteiger partial charge on any atom is -0.315 e. The fourth-order valence-electron chi connectivity index (χ4n) is 7.24. The smallest absolute Gasteiger partial charge is 0.0340 e. The standard InChI is InChI=1S/C42H66N8/c1-36-12-14-39(15-13-36)42(40-10-2-8-37(32-40)34-49-28-6-20-45-24-22-43-16-4-18-47-26-30-49)41-11-3-9-38(33-41)35-50-29-7-21-46-25-23-44-17-5-19-48-27-31-50/h2-3,8-15,32-33,42-48H,4-7,16-31,34-35H2,1H3. The van der Waals surface area contributed by atoms with Gasteiger partial charge in [0.1, 0.15) is 0 Å². The first-order valence-corrected chi connectivity index (χ1v) is 19.7. The second kappa shape index (κ2) is 23.0. The zero-order chi connectivity index (χ0) is 34.5. The quantitative estimate of drug-likeness (QED) is 0.210. The van der Waals surface area contributed by atoms with Crippen molar-refractivity contribution in [2.75, 3.05) is 105 Å². The first-order chi connectivity index (χ1) is 24.7. The summed E-state index contributed by atoms with van der Waals surface area (Å²) in [7, 11) is 0. The largest absolute Gasteiger partial charge is 0.315 e. The Hall–Kier alpha value is -2.66. The molecule has 2 aliphatic heterocycles. The van der Waals surface area contributed by atoms with Gasteiger partial charge < -0.3 is 31.9 Å². The van der Waals surface area contributed by atoms with Gasteiger partial charge in [0.05, 0.1) is 0 Å². The first-order valence-electron chi connectivity index (χ1n) is 19.7. The number of benzene rings is 3. The highest BCUT2D eigenvalue weighted by molar-refractivity contribution is 5.45. The number of hydrogen-bond acceptors (Lipinski definition) is 8. The lowest BCUT2D eigenvalue weighted by Crippen LogP contribution is -2.36. The molecule has 0 radical (unpaired) electrons. The van der Waals surface area contributed by atoms with E-state index in [-0.39, 0.29) is 5.92 Å². The molecule has 3 aromatic rings. The molecular formula is C42H66N8. The van der Waals surface area contributed by atoms with Crippen LogP contribution in [0.2, 0.25) is 0 Å². The first kappa shape index (κ1) is 38.6. The summed E-state index contributed by atoms with van der Waals surface area (Å²) in [6.07, 6.45) is 4.68. The molecule has 6 N–H and O–H groups in total. The highest BCUT2D eigenvalue weighted by atomic mass is 15.1. The molecule has 0 spiro atoms. The second-order valence-corrected chi connectivity index (χ2v) is 14.3. The van der Waals surface area contributed by atoms with Crippen molar-refractivity contribution in [3.05, 3.63) is 106 Å². The van der Waals surface area contributed by atoms with Crippen LogP contribution in [0.3, 0.4) is 0 Å². The Morgan fingerprint density at radius 1 is 0.440 bits per heavy atom. The monoisotopic (exact) mass is 683 g/mol. The van der Waals surface area contributed by atoms with Crippen molar-refractivity contribution in [2.45, 2.75) is 51.6 Å². The van der Waals surface area contributed by atoms with Gasteiger partial charge in [0.25, 0.3) is 0 Å². The Morgan fingerprint density at radius 3 is 1.32 bits per heavy atom. The second-order valence-electron chi connectivity index (χ2n) is 14.3. The fraction of sp³-hybridized carbons (Fsp3) is 0.571. The molecule has 0 saturated carbocycles. The van der Waals surface area contributed by atoms with E-state index < -0.39 is 0 Å². The van der Waals surface area contributed by atoms with Gasteiger partial charge in [-0.1, -0.05) is 78.4 Å². The predicted molar refractivity (Wildman–Crippen MR) is 211 cm³/mol. The third kappa shape index (κ3) is 14.2. The molecule has 0 aliphatic carbocycles. The van der Waals surface area contributed by atoms with Crippen LogP contribution in [0, 0.1) is 6.92 Å². The van der Waals surface area contributed by atoms with Gasteiger partial charge in [-0.2, -0.15) is 0 Å². The van der Waals surface area contributed by atoms with Crippen LogP contribution in [0.25, 0.3) is 0 Å². The maximum Gasteiger partial charge on any atom is 0.0340 e.